The maximum Gasteiger partial charge on any atom is 0.141 e. The van der Waals surface area contributed by atoms with Gasteiger partial charge in [0.25, 0.3) is 0 Å². The normalized spacial score (nSPS) is 11.2. The summed E-state index contributed by atoms with van der Waals surface area (Å²) < 4.78 is 2.34. The molecule has 0 aliphatic heterocycles. The van der Waals surface area contributed by atoms with Crippen LogP contribution in [-0.2, 0) is 6.54 Å². The van der Waals surface area contributed by atoms with Crippen LogP contribution >= 0.6 is 11.6 Å². The molecule has 0 unspecified atom stereocenters. The molecule has 0 fully saturated rings. The topological polar surface area (TPSA) is 17.8 Å². The maximum atomic E-state index is 6.01. The van der Waals surface area contributed by atoms with Gasteiger partial charge in [-0.3, -0.25) is 0 Å². The SMILES string of the molecule is CCCCCCn1c(-c2ccc(Cl)cc2)nc2ccccc21. The summed E-state index contributed by atoms with van der Waals surface area (Å²) in [5.74, 6) is 1.04. The van der Waals surface area contributed by atoms with Crippen molar-refractivity contribution in [2.45, 2.75) is 39.2 Å². The molecular weight excluding hydrogens is 292 g/mol. The van der Waals surface area contributed by atoms with E-state index in [0.29, 0.717) is 0 Å². The second-order valence-electron chi connectivity index (χ2n) is 5.64. The molecule has 114 valence electrons. The highest BCUT2D eigenvalue weighted by molar-refractivity contribution is 6.30. The summed E-state index contributed by atoms with van der Waals surface area (Å²) in [6.45, 7) is 3.25. The number of nitrogens with zero attached hydrogens (tertiary/aromatic N) is 2. The Kier molecular flexibility index (Phi) is 4.79. The van der Waals surface area contributed by atoms with Gasteiger partial charge in [0.1, 0.15) is 5.82 Å². The molecule has 0 spiro atoms. The highest BCUT2D eigenvalue weighted by atomic mass is 35.5. The summed E-state index contributed by atoms with van der Waals surface area (Å²) in [6.07, 6.45) is 5.01. The van der Waals surface area contributed by atoms with Crippen molar-refractivity contribution < 1.29 is 0 Å². The number of aryl methyl sites for hydroxylation is 1. The van der Waals surface area contributed by atoms with E-state index in [2.05, 4.69) is 29.7 Å². The molecule has 22 heavy (non-hydrogen) atoms. The molecule has 3 rings (SSSR count). The number of halogens is 1. The average molecular weight is 313 g/mol. The van der Waals surface area contributed by atoms with Crippen molar-refractivity contribution in [2.75, 3.05) is 0 Å². The van der Waals surface area contributed by atoms with Gasteiger partial charge in [-0.25, -0.2) is 4.98 Å². The number of para-hydroxylation sites is 2. The molecule has 0 N–H and O–H groups in total. The Bertz CT molecular complexity index is 744. The van der Waals surface area contributed by atoms with Crippen molar-refractivity contribution >= 4 is 22.6 Å². The van der Waals surface area contributed by atoms with Crippen LogP contribution in [-0.4, -0.2) is 9.55 Å². The van der Waals surface area contributed by atoms with Crippen LogP contribution in [0.15, 0.2) is 48.5 Å². The second-order valence-corrected chi connectivity index (χ2v) is 6.08. The third-order valence-electron chi connectivity index (χ3n) is 3.99. The molecule has 3 aromatic rings. The predicted molar refractivity (Wildman–Crippen MR) is 94.3 cm³/mol. The summed E-state index contributed by atoms with van der Waals surface area (Å²) >= 11 is 6.01. The Morgan fingerprint density at radius 3 is 2.50 bits per heavy atom. The van der Waals surface area contributed by atoms with Gasteiger partial charge in [0, 0.05) is 17.1 Å². The Labute approximate surface area is 136 Å². The number of imidazole rings is 1. The largest absolute Gasteiger partial charge is 0.324 e. The third kappa shape index (κ3) is 3.17. The molecule has 0 bridgehead atoms. The lowest BCUT2D eigenvalue weighted by molar-refractivity contribution is 0.594. The van der Waals surface area contributed by atoms with Crippen LogP contribution in [0.3, 0.4) is 0 Å². The predicted octanol–water partition coefficient (Wildman–Crippen LogP) is 5.94. The van der Waals surface area contributed by atoms with Crippen LogP contribution in [0.25, 0.3) is 22.4 Å². The van der Waals surface area contributed by atoms with Crippen LogP contribution in [0.4, 0.5) is 0 Å². The van der Waals surface area contributed by atoms with Crippen molar-refractivity contribution in [3.8, 4) is 11.4 Å². The smallest absolute Gasteiger partial charge is 0.141 e. The van der Waals surface area contributed by atoms with Crippen LogP contribution < -0.4 is 0 Å². The molecule has 0 saturated heterocycles. The first kappa shape index (κ1) is 15.1. The molecule has 0 aliphatic carbocycles. The molecule has 0 radical (unpaired) electrons. The fourth-order valence-electron chi connectivity index (χ4n) is 2.82. The van der Waals surface area contributed by atoms with Gasteiger partial charge in [0.2, 0.25) is 0 Å². The molecule has 3 heteroatoms. The van der Waals surface area contributed by atoms with Gasteiger partial charge >= 0.3 is 0 Å². The number of benzene rings is 2. The minimum absolute atomic E-state index is 0.759. The van der Waals surface area contributed by atoms with E-state index in [-0.39, 0.29) is 0 Å². The van der Waals surface area contributed by atoms with E-state index in [4.69, 9.17) is 16.6 Å². The maximum absolute atomic E-state index is 6.01. The van der Waals surface area contributed by atoms with Gasteiger partial charge in [-0.2, -0.15) is 0 Å². The van der Waals surface area contributed by atoms with Gasteiger partial charge < -0.3 is 4.57 Å². The number of rotatable bonds is 6. The minimum atomic E-state index is 0.759. The highest BCUT2D eigenvalue weighted by Crippen LogP contribution is 2.26. The lowest BCUT2D eigenvalue weighted by Crippen LogP contribution is -2.01. The summed E-state index contributed by atoms with van der Waals surface area (Å²) in [5.41, 5.74) is 3.39. The number of unbranched alkanes of at least 4 members (excludes halogenated alkanes) is 3. The lowest BCUT2D eigenvalue weighted by Gasteiger charge is -2.09. The average Bonchev–Trinajstić information content (AvgIpc) is 2.91. The molecule has 1 aromatic heterocycles. The highest BCUT2D eigenvalue weighted by Gasteiger charge is 2.11. The Hall–Kier alpha value is -1.80. The van der Waals surface area contributed by atoms with E-state index in [1.165, 1.54) is 31.2 Å². The van der Waals surface area contributed by atoms with Crippen LogP contribution in [0.1, 0.15) is 32.6 Å². The summed E-state index contributed by atoms with van der Waals surface area (Å²) in [4.78, 5) is 4.83. The Morgan fingerprint density at radius 2 is 1.73 bits per heavy atom. The number of aromatic nitrogens is 2. The van der Waals surface area contributed by atoms with Gasteiger partial charge in [-0.05, 0) is 42.8 Å². The van der Waals surface area contributed by atoms with Crippen LogP contribution in [0.5, 0.6) is 0 Å². The minimum Gasteiger partial charge on any atom is -0.324 e. The summed E-state index contributed by atoms with van der Waals surface area (Å²) in [6, 6.07) is 16.3. The monoisotopic (exact) mass is 312 g/mol. The quantitative estimate of drug-likeness (QED) is 0.515. The first-order valence-electron chi connectivity index (χ1n) is 8.01. The molecular formula is C19H21ClN2. The van der Waals surface area contributed by atoms with Gasteiger partial charge in [0.15, 0.2) is 0 Å². The van der Waals surface area contributed by atoms with Crippen LogP contribution in [0.2, 0.25) is 5.02 Å². The lowest BCUT2D eigenvalue weighted by atomic mass is 10.2. The fraction of sp³-hybridized carbons (Fsp3) is 0.316. The van der Waals surface area contributed by atoms with E-state index in [1.807, 2.05) is 30.3 Å². The second kappa shape index (κ2) is 6.97. The zero-order valence-electron chi connectivity index (χ0n) is 12.9. The number of hydrogen-bond acceptors (Lipinski definition) is 1. The first-order chi connectivity index (χ1) is 10.8. The van der Waals surface area contributed by atoms with E-state index >= 15 is 0 Å². The molecule has 1 heterocycles. The molecule has 0 saturated carbocycles. The van der Waals surface area contributed by atoms with Crippen molar-refractivity contribution in [3.63, 3.8) is 0 Å². The van der Waals surface area contributed by atoms with E-state index < -0.39 is 0 Å². The van der Waals surface area contributed by atoms with Gasteiger partial charge in [-0.1, -0.05) is 49.9 Å². The Morgan fingerprint density at radius 1 is 0.955 bits per heavy atom. The van der Waals surface area contributed by atoms with E-state index in [0.717, 1.165) is 28.5 Å². The summed E-state index contributed by atoms with van der Waals surface area (Å²) in [5, 5.41) is 0.759. The zero-order valence-corrected chi connectivity index (χ0v) is 13.7. The fourth-order valence-corrected chi connectivity index (χ4v) is 2.94. The number of fused-ring (bicyclic) bond motifs is 1. The van der Waals surface area contributed by atoms with Crippen LogP contribution in [0, 0.1) is 0 Å². The van der Waals surface area contributed by atoms with Crippen molar-refractivity contribution in [3.05, 3.63) is 53.6 Å². The van der Waals surface area contributed by atoms with E-state index in [9.17, 15) is 0 Å². The van der Waals surface area contributed by atoms with Crippen molar-refractivity contribution in [1.29, 1.82) is 0 Å². The van der Waals surface area contributed by atoms with Crippen molar-refractivity contribution in [2.24, 2.45) is 0 Å². The number of hydrogen-bond donors (Lipinski definition) is 0. The molecule has 0 aliphatic rings. The van der Waals surface area contributed by atoms with Gasteiger partial charge in [0.05, 0.1) is 11.0 Å². The summed E-state index contributed by atoms with van der Waals surface area (Å²) in [7, 11) is 0. The molecule has 0 atom stereocenters. The van der Waals surface area contributed by atoms with E-state index in [1.54, 1.807) is 0 Å². The van der Waals surface area contributed by atoms with Gasteiger partial charge in [-0.15, -0.1) is 0 Å². The third-order valence-corrected chi connectivity index (χ3v) is 4.24. The molecule has 2 aromatic carbocycles. The first-order valence-corrected chi connectivity index (χ1v) is 8.38. The Balaban J connectivity index is 1.98. The standard InChI is InChI=1S/C19H21ClN2/c1-2-3-4-7-14-22-18-9-6-5-8-17(18)21-19(22)15-10-12-16(20)13-11-15/h5-6,8-13H,2-4,7,14H2,1H3. The molecule has 0 amide bonds. The zero-order chi connectivity index (χ0) is 15.4. The van der Waals surface area contributed by atoms with Crippen molar-refractivity contribution in [1.82, 2.24) is 9.55 Å². The molecule has 2 nitrogen and oxygen atoms in total.